The van der Waals surface area contributed by atoms with Gasteiger partial charge >= 0.3 is 0 Å². The first kappa shape index (κ1) is 17.7. The molecule has 4 nitrogen and oxygen atoms in total. The summed E-state index contributed by atoms with van der Waals surface area (Å²) in [6.07, 6.45) is 6.09. The Morgan fingerprint density at radius 3 is 2.44 bits per heavy atom. The van der Waals surface area contributed by atoms with Crippen molar-refractivity contribution in [3.05, 3.63) is 48.6 Å². The second-order valence-electron chi connectivity index (χ2n) is 7.30. The summed E-state index contributed by atoms with van der Waals surface area (Å²) in [6, 6.07) is 10.3. The molecule has 1 aliphatic carbocycles. The van der Waals surface area contributed by atoms with Gasteiger partial charge in [-0.05, 0) is 49.7 Å². The predicted molar refractivity (Wildman–Crippen MR) is 99.1 cm³/mol. The van der Waals surface area contributed by atoms with E-state index in [-0.39, 0.29) is 17.9 Å². The first-order valence-electron chi connectivity index (χ1n) is 9.38. The van der Waals surface area contributed by atoms with Crippen LogP contribution in [-0.4, -0.2) is 35.8 Å². The van der Waals surface area contributed by atoms with Gasteiger partial charge in [0.2, 0.25) is 11.8 Å². The molecule has 0 aromatic heterocycles. The summed E-state index contributed by atoms with van der Waals surface area (Å²) in [6.45, 7) is 6.90. The van der Waals surface area contributed by atoms with Gasteiger partial charge in [-0.2, -0.15) is 0 Å². The monoisotopic (exact) mass is 340 g/mol. The molecule has 1 heterocycles. The zero-order valence-electron chi connectivity index (χ0n) is 15.0. The second kappa shape index (κ2) is 7.42. The maximum atomic E-state index is 13.3. The Bertz CT molecular complexity index is 629. The molecule has 1 saturated carbocycles. The highest BCUT2D eigenvalue weighted by Crippen LogP contribution is 2.38. The van der Waals surface area contributed by atoms with Gasteiger partial charge in [-0.25, -0.2) is 0 Å². The molecule has 1 atom stereocenters. The molecule has 0 bridgehead atoms. The van der Waals surface area contributed by atoms with Gasteiger partial charge in [-0.1, -0.05) is 43.8 Å². The molecular weight excluding hydrogens is 312 g/mol. The molecular formula is C21H28N2O2. The Balaban J connectivity index is 1.82. The number of benzene rings is 1. The molecule has 2 aliphatic rings. The Labute approximate surface area is 150 Å². The number of carbonyl (C=O) groups excluding carboxylic acids is 2. The first-order valence-corrected chi connectivity index (χ1v) is 9.38. The van der Waals surface area contributed by atoms with Crippen LogP contribution in [0.5, 0.6) is 0 Å². The minimum atomic E-state index is -0.540. The van der Waals surface area contributed by atoms with Crippen molar-refractivity contribution in [2.45, 2.75) is 50.5 Å². The van der Waals surface area contributed by atoms with Crippen LogP contribution in [0.15, 0.2) is 43.0 Å². The van der Waals surface area contributed by atoms with E-state index in [0.717, 1.165) is 12.0 Å². The molecule has 1 aromatic rings. The van der Waals surface area contributed by atoms with Crippen LogP contribution >= 0.6 is 0 Å². The third-order valence-corrected chi connectivity index (χ3v) is 5.81. The summed E-state index contributed by atoms with van der Waals surface area (Å²) in [7, 11) is 0. The maximum absolute atomic E-state index is 13.3. The Morgan fingerprint density at radius 1 is 1.28 bits per heavy atom. The average molecular weight is 340 g/mol. The van der Waals surface area contributed by atoms with Crippen molar-refractivity contribution in [1.82, 2.24) is 10.2 Å². The molecule has 2 amide bonds. The van der Waals surface area contributed by atoms with E-state index >= 15 is 0 Å². The Morgan fingerprint density at radius 2 is 1.92 bits per heavy atom. The zero-order chi connectivity index (χ0) is 17.9. The fraction of sp³-hybridized carbons (Fsp3) is 0.524. The van der Waals surface area contributed by atoms with Crippen molar-refractivity contribution >= 4 is 11.8 Å². The topological polar surface area (TPSA) is 49.4 Å². The van der Waals surface area contributed by atoms with Crippen molar-refractivity contribution in [1.29, 1.82) is 0 Å². The van der Waals surface area contributed by atoms with E-state index in [4.69, 9.17) is 0 Å². The van der Waals surface area contributed by atoms with E-state index in [2.05, 4.69) is 18.8 Å². The molecule has 0 radical (unpaired) electrons. The standard InChI is InChI=1S/C21H28N2O2/c1-3-18(16-10-11-16)22-20(25)21(17-8-6-5-7-9-17)12-14-23(15-13-21)19(24)4-2/h4-9,16,18H,2-3,10-15H2,1H3,(H,22,25). The van der Waals surface area contributed by atoms with Crippen LogP contribution in [-0.2, 0) is 15.0 Å². The average Bonchev–Trinajstić information content (AvgIpc) is 3.51. The van der Waals surface area contributed by atoms with Crippen molar-refractivity contribution in [2.24, 2.45) is 5.92 Å². The molecule has 1 N–H and O–H groups in total. The summed E-state index contributed by atoms with van der Waals surface area (Å²) >= 11 is 0. The number of carbonyl (C=O) groups is 2. The number of nitrogens with zero attached hydrogens (tertiary/aromatic N) is 1. The molecule has 1 aromatic carbocycles. The normalized spacial score (nSPS) is 20.6. The van der Waals surface area contributed by atoms with Crippen molar-refractivity contribution in [2.75, 3.05) is 13.1 Å². The van der Waals surface area contributed by atoms with E-state index in [1.807, 2.05) is 30.3 Å². The summed E-state index contributed by atoms with van der Waals surface area (Å²) in [5.74, 6) is 0.721. The number of likely N-dealkylation sites (tertiary alicyclic amines) is 1. The van der Waals surface area contributed by atoms with E-state index in [1.54, 1.807) is 4.90 Å². The molecule has 2 fully saturated rings. The summed E-state index contributed by atoms with van der Waals surface area (Å²) in [5.41, 5.74) is 0.519. The lowest BCUT2D eigenvalue weighted by Crippen LogP contribution is -2.54. The van der Waals surface area contributed by atoms with E-state index in [1.165, 1.54) is 18.9 Å². The van der Waals surface area contributed by atoms with Crippen LogP contribution in [0.2, 0.25) is 0 Å². The summed E-state index contributed by atoms with van der Waals surface area (Å²) in [4.78, 5) is 27.0. The predicted octanol–water partition coefficient (Wildman–Crippen LogP) is 3.04. The summed E-state index contributed by atoms with van der Waals surface area (Å²) < 4.78 is 0. The molecule has 3 rings (SSSR count). The quantitative estimate of drug-likeness (QED) is 0.809. The van der Waals surface area contributed by atoms with Crippen LogP contribution in [0.3, 0.4) is 0 Å². The van der Waals surface area contributed by atoms with Gasteiger partial charge < -0.3 is 10.2 Å². The second-order valence-corrected chi connectivity index (χ2v) is 7.30. The smallest absolute Gasteiger partial charge is 0.245 e. The van der Waals surface area contributed by atoms with Crippen LogP contribution in [0.1, 0.15) is 44.6 Å². The first-order chi connectivity index (χ1) is 12.1. The third kappa shape index (κ3) is 3.63. The Kier molecular flexibility index (Phi) is 5.26. The lowest BCUT2D eigenvalue weighted by Gasteiger charge is -2.41. The number of hydrogen-bond donors (Lipinski definition) is 1. The molecule has 134 valence electrons. The third-order valence-electron chi connectivity index (χ3n) is 5.81. The van der Waals surface area contributed by atoms with Crippen LogP contribution in [0.25, 0.3) is 0 Å². The Hall–Kier alpha value is -2.10. The lowest BCUT2D eigenvalue weighted by molar-refractivity contribution is -0.134. The van der Waals surface area contributed by atoms with Gasteiger partial charge in [-0.15, -0.1) is 0 Å². The highest BCUT2D eigenvalue weighted by molar-refractivity contribution is 5.90. The molecule has 1 aliphatic heterocycles. The molecule has 25 heavy (non-hydrogen) atoms. The fourth-order valence-electron chi connectivity index (χ4n) is 4.00. The number of hydrogen-bond acceptors (Lipinski definition) is 2. The van der Waals surface area contributed by atoms with Gasteiger partial charge in [0.25, 0.3) is 0 Å². The van der Waals surface area contributed by atoms with Gasteiger partial charge in [0, 0.05) is 19.1 Å². The van der Waals surface area contributed by atoms with E-state index in [9.17, 15) is 9.59 Å². The largest absolute Gasteiger partial charge is 0.352 e. The maximum Gasteiger partial charge on any atom is 0.245 e. The van der Waals surface area contributed by atoms with Crippen LogP contribution < -0.4 is 5.32 Å². The van der Waals surface area contributed by atoms with Gasteiger partial charge in [0.1, 0.15) is 0 Å². The number of nitrogens with one attached hydrogen (secondary N) is 1. The minimum Gasteiger partial charge on any atom is -0.352 e. The molecule has 1 saturated heterocycles. The fourth-order valence-corrected chi connectivity index (χ4v) is 4.00. The highest BCUT2D eigenvalue weighted by Gasteiger charge is 2.45. The van der Waals surface area contributed by atoms with E-state index < -0.39 is 5.41 Å². The van der Waals surface area contributed by atoms with E-state index in [0.29, 0.717) is 31.8 Å². The number of piperidine rings is 1. The zero-order valence-corrected chi connectivity index (χ0v) is 15.0. The van der Waals surface area contributed by atoms with Crippen LogP contribution in [0, 0.1) is 5.92 Å². The molecule has 0 spiro atoms. The highest BCUT2D eigenvalue weighted by atomic mass is 16.2. The SMILES string of the molecule is C=CC(=O)N1CCC(C(=O)NC(CC)C2CC2)(c2ccccc2)CC1. The number of amides is 2. The van der Waals surface area contributed by atoms with Crippen molar-refractivity contribution in [3.8, 4) is 0 Å². The molecule has 4 heteroatoms. The lowest BCUT2D eigenvalue weighted by atomic mass is 9.71. The van der Waals surface area contributed by atoms with Crippen molar-refractivity contribution in [3.63, 3.8) is 0 Å². The van der Waals surface area contributed by atoms with Crippen molar-refractivity contribution < 1.29 is 9.59 Å². The number of rotatable bonds is 6. The van der Waals surface area contributed by atoms with Crippen LogP contribution in [0.4, 0.5) is 0 Å². The summed E-state index contributed by atoms with van der Waals surface area (Å²) in [5, 5.41) is 3.33. The van der Waals surface area contributed by atoms with Gasteiger partial charge in [-0.3, -0.25) is 9.59 Å². The minimum absolute atomic E-state index is 0.0496. The molecule has 1 unspecified atom stereocenters. The van der Waals surface area contributed by atoms with Gasteiger partial charge in [0.15, 0.2) is 0 Å². The van der Waals surface area contributed by atoms with Gasteiger partial charge in [0.05, 0.1) is 5.41 Å².